The van der Waals surface area contributed by atoms with Gasteiger partial charge in [-0.15, -0.1) is 10.2 Å². The Labute approximate surface area is 127 Å². The van der Waals surface area contributed by atoms with Crippen molar-refractivity contribution in [1.82, 2.24) is 15.1 Å². The van der Waals surface area contributed by atoms with Crippen molar-refractivity contribution in [3.05, 3.63) is 35.2 Å². The van der Waals surface area contributed by atoms with Crippen LogP contribution in [0.2, 0.25) is 5.02 Å². The molecule has 3 rings (SSSR count). The number of aliphatic hydroxyl groups excluding tert-OH is 1. The van der Waals surface area contributed by atoms with Crippen molar-refractivity contribution in [3.63, 3.8) is 0 Å². The molecule has 6 nitrogen and oxygen atoms in total. The number of aliphatic hydroxyl groups is 1. The predicted molar refractivity (Wildman–Crippen MR) is 76.8 cm³/mol. The van der Waals surface area contributed by atoms with Gasteiger partial charge in [-0.2, -0.15) is 0 Å². The third kappa shape index (κ3) is 3.41. The zero-order valence-electron chi connectivity index (χ0n) is 11.4. The quantitative estimate of drug-likeness (QED) is 0.924. The third-order valence-corrected chi connectivity index (χ3v) is 3.69. The van der Waals surface area contributed by atoms with Gasteiger partial charge < -0.3 is 14.3 Å². The molecule has 21 heavy (non-hydrogen) atoms. The fourth-order valence-electron chi connectivity index (χ4n) is 2.29. The molecule has 7 heteroatoms. The van der Waals surface area contributed by atoms with Crippen LogP contribution in [0.3, 0.4) is 0 Å². The van der Waals surface area contributed by atoms with E-state index in [2.05, 4.69) is 15.1 Å². The highest BCUT2D eigenvalue weighted by Crippen LogP contribution is 2.26. The molecule has 0 bridgehead atoms. The highest BCUT2D eigenvalue weighted by Gasteiger charge is 2.21. The van der Waals surface area contributed by atoms with Gasteiger partial charge in [-0.1, -0.05) is 23.7 Å². The van der Waals surface area contributed by atoms with E-state index < -0.39 is 0 Å². The van der Waals surface area contributed by atoms with Crippen molar-refractivity contribution in [3.8, 4) is 11.5 Å². The van der Waals surface area contributed by atoms with Gasteiger partial charge in [0, 0.05) is 13.1 Å². The number of nitrogens with zero attached hydrogens (tertiary/aromatic N) is 3. The third-order valence-electron chi connectivity index (χ3n) is 3.36. The highest BCUT2D eigenvalue weighted by atomic mass is 35.5. The predicted octanol–water partition coefficient (Wildman–Crippen LogP) is 1.58. The molecule has 1 N–H and O–H groups in total. The molecule has 0 radical (unpaired) electrons. The van der Waals surface area contributed by atoms with E-state index in [0.29, 0.717) is 36.5 Å². The van der Waals surface area contributed by atoms with Crippen molar-refractivity contribution in [2.45, 2.75) is 12.6 Å². The fourth-order valence-corrected chi connectivity index (χ4v) is 2.50. The number of benzene rings is 1. The zero-order valence-corrected chi connectivity index (χ0v) is 12.2. The Kier molecular flexibility index (Phi) is 4.50. The monoisotopic (exact) mass is 309 g/mol. The molecule has 2 heterocycles. The first-order valence-electron chi connectivity index (χ1n) is 6.78. The summed E-state index contributed by atoms with van der Waals surface area (Å²) in [7, 11) is 0. The van der Waals surface area contributed by atoms with Crippen molar-refractivity contribution in [1.29, 1.82) is 0 Å². The molecule has 0 amide bonds. The maximum absolute atomic E-state index is 9.14. The zero-order chi connectivity index (χ0) is 14.7. The average Bonchev–Trinajstić information content (AvgIpc) is 2.96. The van der Waals surface area contributed by atoms with Crippen LogP contribution in [0.15, 0.2) is 28.7 Å². The molecule has 1 saturated heterocycles. The second-order valence-corrected chi connectivity index (χ2v) is 5.30. The largest absolute Gasteiger partial charge is 0.419 e. The molecule has 1 aliphatic heterocycles. The van der Waals surface area contributed by atoms with Gasteiger partial charge in [0.15, 0.2) is 0 Å². The van der Waals surface area contributed by atoms with Gasteiger partial charge in [-0.25, -0.2) is 0 Å². The number of halogens is 1. The van der Waals surface area contributed by atoms with Gasteiger partial charge in [-0.05, 0) is 12.1 Å². The lowest BCUT2D eigenvalue weighted by Gasteiger charge is -2.30. The van der Waals surface area contributed by atoms with Gasteiger partial charge in [-0.3, -0.25) is 4.90 Å². The Hall–Kier alpha value is -1.47. The first-order valence-corrected chi connectivity index (χ1v) is 7.16. The molecule has 0 spiro atoms. The molecule has 1 aliphatic rings. The highest BCUT2D eigenvalue weighted by molar-refractivity contribution is 6.33. The first-order chi connectivity index (χ1) is 10.3. The van der Waals surface area contributed by atoms with Gasteiger partial charge >= 0.3 is 0 Å². The summed E-state index contributed by atoms with van der Waals surface area (Å²) in [4.78, 5) is 2.12. The molecular weight excluding hydrogens is 294 g/mol. The van der Waals surface area contributed by atoms with E-state index >= 15 is 0 Å². The van der Waals surface area contributed by atoms with E-state index in [9.17, 15) is 0 Å². The summed E-state index contributed by atoms with van der Waals surface area (Å²) in [6.45, 7) is 2.58. The average molecular weight is 310 g/mol. The minimum absolute atomic E-state index is 0.0191. The van der Waals surface area contributed by atoms with Crippen LogP contribution in [0, 0.1) is 0 Å². The van der Waals surface area contributed by atoms with Crippen LogP contribution >= 0.6 is 11.6 Å². The van der Waals surface area contributed by atoms with Crippen molar-refractivity contribution >= 4 is 11.6 Å². The fraction of sp³-hybridized carbons (Fsp3) is 0.429. The molecule has 1 aromatic carbocycles. The Morgan fingerprint density at radius 1 is 1.33 bits per heavy atom. The number of morpholine rings is 1. The minimum Gasteiger partial charge on any atom is -0.419 e. The number of hydrogen-bond acceptors (Lipinski definition) is 6. The smallest absolute Gasteiger partial charge is 0.249 e. The van der Waals surface area contributed by atoms with Crippen LogP contribution in [0.25, 0.3) is 11.5 Å². The lowest BCUT2D eigenvalue weighted by Crippen LogP contribution is -2.43. The lowest BCUT2D eigenvalue weighted by atomic mass is 10.2. The first kappa shape index (κ1) is 14.5. The van der Waals surface area contributed by atoms with E-state index in [0.717, 1.165) is 12.1 Å². The maximum Gasteiger partial charge on any atom is 0.249 e. The lowest BCUT2D eigenvalue weighted by molar-refractivity contribution is -0.0568. The summed E-state index contributed by atoms with van der Waals surface area (Å²) < 4.78 is 11.1. The number of ether oxygens (including phenoxy) is 1. The summed E-state index contributed by atoms with van der Waals surface area (Å²) in [6.07, 6.45) is -0.148. The minimum atomic E-state index is -0.148. The molecule has 0 aliphatic carbocycles. The normalized spacial score (nSPS) is 19.8. The van der Waals surface area contributed by atoms with Crippen molar-refractivity contribution in [2.24, 2.45) is 0 Å². The van der Waals surface area contributed by atoms with Crippen LogP contribution < -0.4 is 0 Å². The van der Waals surface area contributed by atoms with E-state index in [1.807, 2.05) is 18.2 Å². The molecular formula is C14H16ClN3O3. The van der Waals surface area contributed by atoms with E-state index in [1.54, 1.807) is 6.07 Å². The summed E-state index contributed by atoms with van der Waals surface area (Å²) in [5, 5.41) is 17.8. The van der Waals surface area contributed by atoms with E-state index in [-0.39, 0.29) is 12.7 Å². The second-order valence-electron chi connectivity index (χ2n) is 4.89. The molecule has 0 saturated carbocycles. The van der Waals surface area contributed by atoms with Crippen LogP contribution in [-0.2, 0) is 11.3 Å². The van der Waals surface area contributed by atoms with Gasteiger partial charge in [0.2, 0.25) is 11.8 Å². The Balaban J connectivity index is 1.69. The Morgan fingerprint density at radius 2 is 2.19 bits per heavy atom. The van der Waals surface area contributed by atoms with Crippen LogP contribution in [0.1, 0.15) is 5.89 Å². The van der Waals surface area contributed by atoms with Crippen LogP contribution in [0.5, 0.6) is 0 Å². The van der Waals surface area contributed by atoms with Gasteiger partial charge in [0.25, 0.3) is 0 Å². The summed E-state index contributed by atoms with van der Waals surface area (Å²) in [6, 6.07) is 7.36. The molecule has 1 fully saturated rings. The molecule has 1 atom stereocenters. The topological polar surface area (TPSA) is 71.6 Å². The molecule has 2 aromatic rings. The Bertz CT molecular complexity index is 605. The molecule has 112 valence electrons. The summed E-state index contributed by atoms with van der Waals surface area (Å²) in [5.41, 5.74) is 0.730. The van der Waals surface area contributed by atoms with Gasteiger partial charge in [0.1, 0.15) is 0 Å². The standard InChI is InChI=1S/C14H16ClN3O3/c15-12-4-2-1-3-11(12)14-17-16-13(21-14)8-18-5-6-20-10(7-18)9-19/h1-4,10,19H,5-9H2. The van der Waals surface area contributed by atoms with E-state index in [4.69, 9.17) is 25.9 Å². The maximum atomic E-state index is 9.14. The second kappa shape index (κ2) is 6.53. The van der Waals surface area contributed by atoms with Crippen molar-refractivity contribution < 1.29 is 14.3 Å². The number of aromatic nitrogens is 2. The van der Waals surface area contributed by atoms with Crippen molar-refractivity contribution in [2.75, 3.05) is 26.3 Å². The SMILES string of the molecule is OCC1CN(Cc2nnc(-c3ccccc3Cl)o2)CCO1. The number of hydrogen-bond donors (Lipinski definition) is 1. The van der Waals surface area contributed by atoms with Crippen LogP contribution in [-0.4, -0.2) is 52.6 Å². The van der Waals surface area contributed by atoms with Gasteiger partial charge in [0.05, 0.1) is 36.4 Å². The van der Waals surface area contributed by atoms with Crippen LogP contribution in [0.4, 0.5) is 0 Å². The molecule has 1 aromatic heterocycles. The summed E-state index contributed by atoms with van der Waals surface area (Å²) >= 11 is 6.12. The summed E-state index contributed by atoms with van der Waals surface area (Å²) in [5.74, 6) is 0.950. The Morgan fingerprint density at radius 3 is 3.00 bits per heavy atom. The number of rotatable bonds is 4. The molecule has 1 unspecified atom stereocenters. The van der Waals surface area contributed by atoms with E-state index in [1.165, 1.54) is 0 Å².